The number of ether oxygens (including phenoxy) is 1. The third-order valence-corrected chi connectivity index (χ3v) is 3.72. The second-order valence-corrected chi connectivity index (χ2v) is 5.82. The Hall–Kier alpha value is -1.05. The van der Waals surface area contributed by atoms with Gasteiger partial charge in [-0.05, 0) is 37.8 Å². The minimum absolute atomic E-state index is 0. The third-order valence-electron chi connectivity index (χ3n) is 3.72. The van der Waals surface area contributed by atoms with E-state index in [1.807, 2.05) is 6.92 Å². The fourth-order valence-corrected chi connectivity index (χ4v) is 2.26. The largest absolute Gasteiger partial charge is 0.486 e. The topological polar surface area (TPSA) is 45.7 Å². The summed E-state index contributed by atoms with van der Waals surface area (Å²) in [5, 5.41) is 6.50. The summed E-state index contributed by atoms with van der Waals surface area (Å²) in [5.74, 6) is 1.67. The maximum atomic E-state index is 13.5. The first kappa shape index (κ1) is 20.0. The molecule has 0 aromatic heterocycles. The van der Waals surface area contributed by atoms with Crippen LogP contribution in [0.15, 0.2) is 29.3 Å². The van der Waals surface area contributed by atoms with Gasteiger partial charge in [-0.25, -0.2) is 4.39 Å². The fourth-order valence-electron chi connectivity index (χ4n) is 2.26. The number of benzene rings is 1. The van der Waals surface area contributed by atoms with Crippen molar-refractivity contribution in [3.05, 3.63) is 30.1 Å². The minimum atomic E-state index is -0.336. The van der Waals surface area contributed by atoms with Gasteiger partial charge in [0.1, 0.15) is 6.10 Å². The number of para-hydroxylation sites is 1. The SMILES string of the molecule is CN=C(NCCCC1CC1)NCC(C)Oc1ccccc1F.I. The number of nitrogens with one attached hydrogen (secondary N) is 2. The van der Waals surface area contributed by atoms with Crippen LogP contribution in [-0.2, 0) is 0 Å². The summed E-state index contributed by atoms with van der Waals surface area (Å²) in [7, 11) is 1.75. The average molecular weight is 435 g/mol. The van der Waals surface area contributed by atoms with Gasteiger partial charge in [-0.2, -0.15) is 0 Å². The van der Waals surface area contributed by atoms with Gasteiger partial charge in [0.2, 0.25) is 0 Å². The highest BCUT2D eigenvalue weighted by atomic mass is 127. The van der Waals surface area contributed by atoms with E-state index in [-0.39, 0.29) is 41.6 Å². The summed E-state index contributed by atoms with van der Waals surface area (Å²) in [4.78, 5) is 4.18. The van der Waals surface area contributed by atoms with Gasteiger partial charge in [0.05, 0.1) is 6.54 Å². The van der Waals surface area contributed by atoms with Crippen LogP contribution in [0.25, 0.3) is 0 Å². The van der Waals surface area contributed by atoms with Crippen LogP contribution in [0.5, 0.6) is 5.75 Å². The van der Waals surface area contributed by atoms with Gasteiger partial charge in [0.25, 0.3) is 0 Å². The quantitative estimate of drug-likeness (QED) is 0.284. The molecule has 0 bridgehead atoms. The molecule has 1 unspecified atom stereocenters. The molecule has 1 aromatic rings. The maximum Gasteiger partial charge on any atom is 0.191 e. The lowest BCUT2D eigenvalue weighted by Crippen LogP contribution is -2.42. The zero-order valence-corrected chi connectivity index (χ0v) is 16.2. The Bertz CT molecular complexity index is 494. The Morgan fingerprint density at radius 1 is 1.35 bits per heavy atom. The second kappa shape index (κ2) is 10.7. The highest BCUT2D eigenvalue weighted by Crippen LogP contribution is 2.33. The van der Waals surface area contributed by atoms with Crippen LogP contribution in [0.2, 0.25) is 0 Å². The van der Waals surface area contributed by atoms with Crippen molar-refractivity contribution in [3.63, 3.8) is 0 Å². The molecule has 1 aromatic carbocycles. The summed E-state index contributed by atoms with van der Waals surface area (Å²) >= 11 is 0. The number of halogens is 2. The van der Waals surface area contributed by atoms with Crippen molar-refractivity contribution in [2.45, 2.75) is 38.7 Å². The molecular formula is C17H27FIN3O. The first-order valence-corrected chi connectivity index (χ1v) is 8.04. The molecule has 6 heteroatoms. The molecule has 0 heterocycles. The van der Waals surface area contributed by atoms with Crippen LogP contribution in [-0.4, -0.2) is 32.2 Å². The summed E-state index contributed by atoms with van der Waals surface area (Å²) in [5.41, 5.74) is 0. The van der Waals surface area contributed by atoms with Crippen molar-refractivity contribution in [3.8, 4) is 5.75 Å². The molecule has 0 amide bonds. The third kappa shape index (κ3) is 7.85. The molecule has 1 aliphatic rings. The van der Waals surface area contributed by atoms with Crippen molar-refractivity contribution in [2.75, 3.05) is 20.1 Å². The molecular weight excluding hydrogens is 408 g/mol. The van der Waals surface area contributed by atoms with E-state index in [1.54, 1.807) is 25.2 Å². The molecule has 1 fully saturated rings. The van der Waals surface area contributed by atoms with Gasteiger partial charge in [0, 0.05) is 13.6 Å². The Balaban J connectivity index is 0.00000264. The highest BCUT2D eigenvalue weighted by Gasteiger charge is 2.20. The van der Waals surface area contributed by atoms with Crippen LogP contribution >= 0.6 is 24.0 Å². The zero-order chi connectivity index (χ0) is 15.8. The Kier molecular flexibility index (Phi) is 9.28. The highest BCUT2D eigenvalue weighted by molar-refractivity contribution is 14.0. The molecule has 0 radical (unpaired) electrons. The number of rotatable bonds is 8. The summed E-state index contributed by atoms with van der Waals surface area (Å²) in [6.07, 6.45) is 5.13. The second-order valence-electron chi connectivity index (χ2n) is 5.82. The van der Waals surface area contributed by atoms with Crippen molar-refractivity contribution in [1.82, 2.24) is 10.6 Å². The van der Waals surface area contributed by atoms with Crippen LogP contribution in [0, 0.1) is 11.7 Å². The van der Waals surface area contributed by atoms with Crippen LogP contribution < -0.4 is 15.4 Å². The number of hydrogen-bond donors (Lipinski definition) is 2. The summed E-state index contributed by atoms with van der Waals surface area (Å²) in [6.45, 7) is 3.40. The van der Waals surface area contributed by atoms with Crippen molar-refractivity contribution < 1.29 is 9.13 Å². The van der Waals surface area contributed by atoms with E-state index in [0.29, 0.717) is 6.54 Å². The van der Waals surface area contributed by atoms with E-state index in [9.17, 15) is 4.39 Å². The predicted octanol–water partition coefficient (Wildman–Crippen LogP) is 3.57. The molecule has 2 N–H and O–H groups in total. The molecule has 130 valence electrons. The van der Waals surface area contributed by atoms with Gasteiger partial charge >= 0.3 is 0 Å². The number of hydrogen-bond acceptors (Lipinski definition) is 2. The summed E-state index contributed by atoms with van der Waals surface area (Å²) < 4.78 is 19.1. The number of nitrogens with zero attached hydrogens (tertiary/aromatic N) is 1. The average Bonchev–Trinajstić information content (AvgIpc) is 3.33. The molecule has 23 heavy (non-hydrogen) atoms. The lowest BCUT2D eigenvalue weighted by Gasteiger charge is -2.18. The van der Waals surface area contributed by atoms with Crippen molar-refractivity contribution in [2.24, 2.45) is 10.9 Å². The standard InChI is InChI=1S/C17H26FN3O.HI/c1-13(22-16-8-4-3-7-15(16)18)12-21-17(19-2)20-11-5-6-14-9-10-14;/h3-4,7-8,13-14H,5-6,9-12H2,1-2H3,(H2,19,20,21);1H. The van der Waals surface area contributed by atoms with Gasteiger partial charge < -0.3 is 15.4 Å². The van der Waals surface area contributed by atoms with E-state index in [4.69, 9.17) is 4.74 Å². The van der Waals surface area contributed by atoms with Crippen LogP contribution in [0.4, 0.5) is 4.39 Å². The van der Waals surface area contributed by atoms with E-state index in [0.717, 1.165) is 18.4 Å². The van der Waals surface area contributed by atoms with Gasteiger partial charge in [-0.3, -0.25) is 4.99 Å². The number of aliphatic imine (C=N–C) groups is 1. The first-order chi connectivity index (χ1) is 10.7. The summed E-state index contributed by atoms with van der Waals surface area (Å²) in [6, 6.07) is 6.45. The smallest absolute Gasteiger partial charge is 0.191 e. The van der Waals surface area contributed by atoms with Gasteiger partial charge in [-0.15, -0.1) is 24.0 Å². The number of guanidine groups is 1. The fraction of sp³-hybridized carbons (Fsp3) is 0.588. The Morgan fingerprint density at radius 2 is 2.09 bits per heavy atom. The van der Waals surface area contributed by atoms with Crippen LogP contribution in [0.3, 0.4) is 0 Å². The maximum absolute atomic E-state index is 13.5. The molecule has 0 saturated heterocycles. The molecule has 4 nitrogen and oxygen atoms in total. The lowest BCUT2D eigenvalue weighted by atomic mass is 10.2. The lowest BCUT2D eigenvalue weighted by molar-refractivity contribution is 0.214. The predicted molar refractivity (Wildman–Crippen MR) is 103 cm³/mol. The van der Waals surface area contributed by atoms with Crippen molar-refractivity contribution >= 4 is 29.9 Å². The van der Waals surface area contributed by atoms with E-state index < -0.39 is 0 Å². The first-order valence-electron chi connectivity index (χ1n) is 8.04. The van der Waals surface area contributed by atoms with E-state index in [2.05, 4.69) is 15.6 Å². The molecule has 1 saturated carbocycles. The van der Waals surface area contributed by atoms with Gasteiger partial charge in [0.15, 0.2) is 17.5 Å². The Labute approximate surface area is 155 Å². The van der Waals surface area contributed by atoms with E-state index >= 15 is 0 Å². The molecule has 0 aliphatic heterocycles. The Morgan fingerprint density at radius 3 is 2.74 bits per heavy atom. The molecule has 2 rings (SSSR count). The molecule has 1 aliphatic carbocycles. The monoisotopic (exact) mass is 435 g/mol. The minimum Gasteiger partial charge on any atom is -0.486 e. The normalized spacial score (nSPS) is 15.5. The van der Waals surface area contributed by atoms with Crippen molar-refractivity contribution in [1.29, 1.82) is 0 Å². The molecule has 0 spiro atoms. The zero-order valence-electron chi connectivity index (χ0n) is 13.8. The van der Waals surface area contributed by atoms with E-state index in [1.165, 1.54) is 31.7 Å². The molecule has 1 atom stereocenters. The van der Waals surface area contributed by atoms with Gasteiger partial charge in [-0.1, -0.05) is 25.0 Å². The van der Waals surface area contributed by atoms with Crippen LogP contribution in [0.1, 0.15) is 32.6 Å².